The van der Waals surface area contributed by atoms with Crippen molar-refractivity contribution in [3.8, 4) is 0 Å². The molecule has 0 heterocycles. The summed E-state index contributed by atoms with van der Waals surface area (Å²) < 4.78 is 38.1. The third kappa shape index (κ3) is 2.44. The van der Waals surface area contributed by atoms with E-state index >= 15 is 0 Å². The van der Waals surface area contributed by atoms with Crippen LogP contribution in [0, 0.1) is 6.92 Å². The molecular formula is C17H16F3N. The number of benzene rings is 2. The zero-order valence-electron chi connectivity index (χ0n) is 11.6. The Bertz CT molecular complexity index is 676. The van der Waals surface area contributed by atoms with E-state index in [4.69, 9.17) is 5.73 Å². The molecule has 0 saturated heterocycles. The fraction of sp³-hybridized carbons (Fsp3) is 0.294. The Kier molecular flexibility index (Phi) is 3.29. The van der Waals surface area contributed by atoms with Gasteiger partial charge in [0, 0.05) is 12.0 Å². The van der Waals surface area contributed by atoms with Gasteiger partial charge in [0.1, 0.15) is 0 Å². The first-order valence-corrected chi connectivity index (χ1v) is 6.89. The number of nitrogens with two attached hydrogens (primary N) is 1. The smallest absolute Gasteiger partial charge is 0.323 e. The quantitative estimate of drug-likeness (QED) is 0.874. The molecule has 2 aromatic carbocycles. The second-order valence-corrected chi connectivity index (χ2v) is 5.60. The molecule has 0 amide bonds. The Morgan fingerprint density at radius 2 is 1.86 bits per heavy atom. The van der Waals surface area contributed by atoms with Crippen LogP contribution in [0.1, 0.15) is 39.8 Å². The fourth-order valence-electron chi connectivity index (χ4n) is 3.06. The van der Waals surface area contributed by atoms with Crippen LogP contribution < -0.4 is 5.73 Å². The summed E-state index contributed by atoms with van der Waals surface area (Å²) in [5.74, 6) is 0.191. The lowest BCUT2D eigenvalue weighted by Crippen LogP contribution is -2.29. The Morgan fingerprint density at radius 1 is 1.14 bits per heavy atom. The second kappa shape index (κ2) is 4.88. The van der Waals surface area contributed by atoms with Crippen molar-refractivity contribution in [1.82, 2.24) is 0 Å². The number of rotatable bonds is 2. The molecule has 1 nitrogen and oxygen atoms in total. The van der Waals surface area contributed by atoms with Crippen molar-refractivity contribution in [3.05, 3.63) is 70.3 Å². The molecule has 0 bridgehead atoms. The lowest BCUT2D eigenvalue weighted by atomic mass is 9.71. The SMILES string of the molecule is Cc1cc(C(F)(F)F)ccc1C(N)C1Cc2ccccc21. The lowest BCUT2D eigenvalue weighted by molar-refractivity contribution is -0.137. The zero-order valence-corrected chi connectivity index (χ0v) is 11.6. The minimum absolute atomic E-state index is 0.191. The first-order valence-electron chi connectivity index (χ1n) is 6.89. The van der Waals surface area contributed by atoms with Gasteiger partial charge in [-0.1, -0.05) is 30.3 Å². The summed E-state index contributed by atoms with van der Waals surface area (Å²) in [6, 6.07) is 11.6. The van der Waals surface area contributed by atoms with Crippen molar-refractivity contribution >= 4 is 0 Å². The summed E-state index contributed by atoms with van der Waals surface area (Å²) in [5, 5.41) is 0. The Morgan fingerprint density at radius 3 is 2.48 bits per heavy atom. The maximum Gasteiger partial charge on any atom is 0.416 e. The van der Waals surface area contributed by atoms with Crippen LogP contribution in [0.5, 0.6) is 0 Å². The van der Waals surface area contributed by atoms with E-state index in [-0.39, 0.29) is 12.0 Å². The molecule has 110 valence electrons. The topological polar surface area (TPSA) is 26.0 Å². The molecule has 0 saturated carbocycles. The van der Waals surface area contributed by atoms with Gasteiger partial charge in [-0.3, -0.25) is 0 Å². The number of hydrogen-bond acceptors (Lipinski definition) is 1. The van der Waals surface area contributed by atoms with Gasteiger partial charge in [0.15, 0.2) is 0 Å². The molecule has 2 aromatic rings. The van der Waals surface area contributed by atoms with Crippen LogP contribution >= 0.6 is 0 Å². The average molecular weight is 291 g/mol. The maximum absolute atomic E-state index is 12.7. The highest BCUT2D eigenvalue weighted by Gasteiger charge is 2.34. The number of halogens is 3. The predicted octanol–water partition coefficient (Wildman–Crippen LogP) is 4.35. The Balaban J connectivity index is 1.88. The van der Waals surface area contributed by atoms with Gasteiger partial charge in [-0.05, 0) is 47.7 Å². The van der Waals surface area contributed by atoms with E-state index in [1.807, 2.05) is 18.2 Å². The van der Waals surface area contributed by atoms with E-state index in [0.717, 1.165) is 18.1 Å². The summed E-state index contributed by atoms with van der Waals surface area (Å²) in [5.41, 5.74) is 9.56. The molecule has 4 heteroatoms. The second-order valence-electron chi connectivity index (χ2n) is 5.60. The Hall–Kier alpha value is -1.81. The molecule has 0 aromatic heterocycles. The van der Waals surface area contributed by atoms with Crippen molar-refractivity contribution in [2.75, 3.05) is 0 Å². The van der Waals surface area contributed by atoms with Crippen LogP contribution in [0.4, 0.5) is 13.2 Å². The highest BCUT2D eigenvalue weighted by molar-refractivity contribution is 5.45. The standard InChI is InChI=1S/C17H16F3N/c1-10-8-12(17(18,19)20)6-7-13(10)16(21)15-9-11-4-2-3-5-14(11)15/h2-8,15-16H,9,21H2,1H3. The first kappa shape index (κ1) is 14.1. The van der Waals surface area contributed by atoms with Crippen LogP contribution in [0.2, 0.25) is 0 Å². The van der Waals surface area contributed by atoms with Crippen LogP contribution in [0.15, 0.2) is 42.5 Å². The van der Waals surface area contributed by atoms with Crippen LogP contribution in [0.25, 0.3) is 0 Å². The van der Waals surface area contributed by atoms with Gasteiger partial charge >= 0.3 is 6.18 Å². The minimum Gasteiger partial charge on any atom is -0.323 e. The van der Waals surface area contributed by atoms with Crippen molar-refractivity contribution < 1.29 is 13.2 Å². The van der Waals surface area contributed by atoms with E-state index in [9.17, 15) is 13.2 Å². The van der Waals surface area contributed by atoms with Gasteiger partial charge in [0.05, 0.1) is 5.56 Å². The molecule has 0 fully saturated rings. The summed E-state index contributed by atoms with van der Waals surface area (Å²) in [4.78, 5) is 0. The van der Waals surface area contributed by atoms with E-state index in [0.29, 0.717) is 5.56 Å². The maximum atomic E-state index is 12.7. The zero-order chi connectivity index (χ0) is 15.2. The normalized spacial score (nSPS) is 18.8. The van der Waals surface area contributed by atoms with Crippen LogP contribution in [0.3, 0.4) is 0 Å². The lowest BCUT2D eigenvalue weighted by Gasteiger charge is -2.35. The molecule has 2 unspecified atom stereocenters. The van der Waals surface area contributed by atoms with E-state index in [1.165, 1.54) is 23.3 Å². The molecule has 1 aliphatic rings. The summed E-state index contributed by atoms with van der Waals surface area (Å²) in [6.07, 6.45) is -3.42. The van der Waals surface area contributed by atoms with Gasteiger partial charge in [-0.2, -0.15) is 13.2 Å². The van der Waals surface area contributed by atoms with Gasteiger partial charge < -0.3 is 5.73 Å². The van der Waals surface area contributed by atoms with E-state index < -0.39 is 11.7 Å². The number of hydrogen-bond donors (Lipinski definition) is 1. The van der Waals surface area contributed by atoms with Crippen molar-refractivity contribution in [2.24, 2.45) is 5.73 Å². The van der Waals surface area contributed by atoms with Gasteiger partial charge in [0.25, 0.3) is 0 Å². The van der Waals surface area contributed by atoms with Crippen molar-refractivity contribution in [3.63, 3.8) is 0 Å². The number of alkyl halides is 3. The molecule has 1 aliphatic carbocycles. The molecular weight excluding hydrogens is 275 g/mol. The molecule has 2 N–H and O–H groups in total. The molecule has 2 atom stereocenters. The van der Waals surface area contributed by atoms with Gasteiger partial charge in [0.2, 0.25) is 0 Å². The predicted molar refractivity (Wildman–Crippen MR) is 76.0 cm³/mol. The highest BCUT2D eigenvalue weighted by Crippen LogP contribution is 2.43. The van der Waals surface area contributed by atoms with E-state index in [2.05, 4.69) is 6.07 Å². The van der Waals surface area contributed by atoms with Gasteiger partial charge in [-0.25, -0.2) is 0 Å². The molecule has 0 radical (unpaired) electrons. The monoisotopic (exact) mass is 291 g/mol. The van der Waals surface area contributed by atoms with Crippen molar-refractivity contribution in [2.45, 2.75) is 31.5 Å². The number of aryl methyl sites for hydroxylation is 1. The molecule has 0 spiro atoms. The molecule has 21 heavy (non-hydrogen) atoms. The van der Waals surface area contributed by atoms with E-state index in [1.54, 1.807) is 6.92 Å². The van der Waals surface area contributed by atoms with Crippen LogP contribution in [-0.4, -0.2) is 0 Å². The average Bonchev–Trinajstić information content (AvgIpc) is 2.38. The highest BCUT2D eigenvalue weighted by atomic mass is 19.4. The molecule has 0 aliphatic heterocycles. The first-order chi connectivity index (χ1) is 9.88. The Labute approximate surface area is 121 Å². The largest absolute Gasteiger partial charge is 0.416 e. The van der Waals surface area contributed by atoms with Crippen LogP contribution in [-0.2, 0) is 12.6 Å². The third-order valence-corrected chi connectivity index (χ3v) is 4.28. The molecule has 3 rings (SSSR count). The number of fused-ring (bicyclic) bond motifs is 1. The summed E-state index contributed by atoms with van der Waals surface area (Å²) >= 11 is 0. The van der Waals surface area contributed by atoms with Gasteiger partial charge in [-0.15, -0.1) is 0 Å². The summed E-state index contributed by atoms with van der Waals surface area (Å²) in [6.45, 7) is 1.69. The fourth-order valence-corrected chi connectivity index (χ4v) is 3.06. The third-order valence-electron chi connectivity index (χ3n) is 4.28. The summed E-state index contributed by atoms with van der Waals surface area (Å²) in [7, 11) is 0. The van der Waals surface area contributed by atoms with Crippen molar-refractivity contribution in [1.29, 1.82) is 0 Å². The minimum atomic E-state index is -4.31.